The Labute approximate surface area is 115 Å². The minimum Gasteiger partial charge on any atom is -0.475 e. The summed E-state index contributed by atoms with van der Waals surface area (Å²) in [5, 5.41) is 12.2. The molecule has 8 nitrogen and oxygen atoms in total. The van der Waals surface area contributed by atoms with Crippen LogP contribution in [0.5, 0.6) is 0 Å². The molecule has 2 aromatic heterocycles. The van der Waals surface area contributed by atoms with Gasteiger partial charge in [0.2, 0.25) is 10.9 Å². The van der Waals surface area contributed by atoms with Gasteiger partial charge in [0.25, 0.3) is 10.0 Å². The van der Waals surface area contributed by atoms with Gasteiger partial charge >= 0.3 is 5.97 Å². The molecule has 0 fully saturated rings. The van der Waals surface area contributed by atoms with E-state index in [2.05, 4.69) is 9.82 Å². The van der Waals surface area contributed by atoms with Crippen molar-refractivity contribution in [2.24, 2.45) is 0 Å². The van der Waals surface area contributed by atoms with E-state index in [1.807, 2.05) is 13.8 Å². The third-order valence-corrected chi connectivity index (χ3v) is 3.68. The summed E-state index contributed by atoms with van der Waals surface area (Å²) in [6.45, 7) is 3.69. The first-order valence-electron chi connectivity index (χ1n) is 5.70. The number of carbonyl (C=O) groups is 1. The van der Waals surface area contributed by atoms with Gasteiger partial charge in [0, 0.05) is 12.1 Å². The van der Waals surface area contributed by atoms with Crippen molar-refractivity contribution in [3.63, 3.8) is 0 Å². The highest BCUT2D eigenvalue weighted by atomic mass is 32.2. The number of furan rings is 1. The van der Waals surface area contributed by atoms with Crippen molar-refractivity contribution in [1.29, 1.82) is 0 Å². The number of aromatic carboxylic acids is 1. The fraction of sp³-hybridized carbons (Fsp3) is 0.273. The largest absolute Gasteiger partial charge is 0.475 e. The Morgan fingerprint density at radius 1 is 1.40 bits per heavy atom. The molecule has 0 aliphatic heterocycles. The fourth-order valence-corrected chi connectivity index (χ4v) is 2.56. The highest BCUT2D eigenvalue weighted by Gasteiger charge is 2.22. The maximum Gasteiger partial charge on any atom is 0.371 e. The highest BCUT2D eigenvalue weighted by Crippen LogP contribution is 2.20. The van der Waals surface area contributed by atoms with E-state index in [1.54, 1.807) is 0 Å². The van der Waals surface area contributed by atoms with Crippen LogP contribution in [0.4, 0.5) is 5.82 Å². The fourth-order valence-electron chi connectivity index (χ4n) is 1.57. The van der Waals surface area contributed by atoms with Crippen molar-refractivity contribution in [1.82, 2.24) is 9.78 Å². The number of rotatable bonds is 5. The Morgan fingerprint density at radius 3 is 2.65 bits per heavy atom. The van der Waals surface area contributed by atoms with Crippen molar-refractivity contribution in [2.45, 2.75) is 25.0 Å². The van der Waals surface area contributed by atoms with Crippen LogP contribution in [0.3, 0.4) is 0 Å². The van der Waals surface area contributed by atoms with E-state index < -0.39 is 26.8 Å². The number of nitrogens with zero attached hydrogens (tertiary/aromatic N) is 2. The summed E-state index contributed by atoms with van der Waals surface area (Å²) in [6, 6.07) is 3.63. The van der Waals surface area contributed by atoms with E-state index in [1.165, 1.54) is 16.9 Å². The molecule has 108 valence electrons. The highest BCUT2D eigenvalue weighted by molar-refractivity contribution is 7.92. The molecule has 0 unspecified atom stereocenters. The molecule has 2 rings (SSSR count). The molecule has 0 aliphatic rings. The standard InChI is InChI=1S/C11H13N3O5S/c1-7(2)14-9(5-6-12-14)13-20(17,18)10-4-3-8(19-10)11(15)16/h3-7,13H,1-2H3,(H,15,16). The Balaban J connectivity index is 2.31. The molecule has 0 spiro atoms. The number of anilines is 1. The second-order valence-corrected chi connectivity index (χ2v) is 5.90. The summed E-state index contributed by atoms with van der Waals surface area (Å²) >= 11 is 0. The maximum absolute atomic E-state index is 12.1. The number of nitrogens with one attached hydrogen (secondary N) is 1. The Morgan fingerprint density at radius 2 is 2.10 bits per heavy atom. The summed E-state index contributed by atoms with van der Waals surface area (Å²) < 4.78 is 32.7. The number of hydrogen-bond donors (Lipinski definition) is 2. The van der Waals surface area contributed by atoms with Crippen LogP contribution in [-0.2, 0) is 10.0 Å². The number of aromatic nitrogens is 2. The molecule has 0 saturated carbocycles. The Kier molecular flexibility index (Phi) is 3.53. The summed E-state index contributed by atoms with van der Waals surface area (Å²) in [7, 11) is -3.99. The zero-order chi connectivity index (χ0) is 14.9. The average Bonchev–Trinajstić information content (AvgIpc) is 2.95. The Hall–Kier alpha value is -2.29. The molecule has 0 aromatic carbocycles. The van der Waals surface area contributed by atoms with Crippen molar-refractivity contribution in [3.8, 4) is 0 Å². The molecule has 0 aliphatic carbocycles. The normalized spacial score (nSPS) is 11.8. The third-order valence-electron chi connectivity index (χ3n) is 2.46. The molecular formula is C11H13N3O5S. The third kappa shape index (κ3) is 2.67. The second kappa shape index (κ2) is 5.00. The van der Waals surface area contributed by atoms with Gasteiger partial charge in [0.05, 0.1) is 6.20 Å². The van der Waals surface area contributed by atoms with Crippen molar-refractivity contribution < 1.29 is 22.7 Å². The number of carboxylic acid groups (broad SMARTS) is 1. The number of hydrogen-bond acceptors (Lipinski definition) is 5. The monoisotopic (exact) mass is 299 g/mol. The SMILES string of the molecule is CC(C)n1nccc1NS(=O)(=O)c1ccc(C(=O)O)o1. The van der Waals surface area contributed by atoms with Crippen LogP contribution in [0, 0.1) is 0 Å². The molecule has 0 bridgehead atoms. The van der Waals surface area contributed by atoms with Gasteiger partial charge in [0.15, 0.2) is 0 Å². The first-order valence-corrected chi connectivity index (χ1v) is 7.19. The van der Waals surface area contributed by atoms with Gasteiger partial charge in [-0.2, -0.15) is 13.5 Å². The zero-order valence-electron chi connectivity index (χ0n) is 10.8. The second-order valence-electron chi connectivity index (χ2n) is 4.28. The van der Waals surface area contributed by atoms with Crippen LogP contribution in [0.15, 0.2) is 33.9 Å². The molecule has 2 heterocycles. The lowest BCUT2D eigenvalue weighted by Crippen LogP contribution is -2.16. The van der Waals surface area contributed by atoms with Crippen LogP contribution >= 0.6 is 0 Å². The minimum atomic E-state index is -3.99. The van der Waals surface area contributed by atoms with E-state index in [0.29, 0.717) is 0 Å². The van der Waals surface area contributed by atoms with Gasteiger partial charge in [-0.3, -0.25) is 4.72 Å². The molecule has 2 aromatic rings. The van der Waals surface area contributed by atoms with Gasteiger partial charge in [-0.15, -0.1) is 0 Å². The summed E-state index contributed by atoms with van der Waals surface area (Å²) in [5.74, 6) is -1.50. The van der Waals surface area contributed by atoms with Crippen molar-refractivity contribution in [2.75, 3.05) is 4.72 Å². The molecule has 0 amide bonds. The quantitative estimate of drug-likeness (QED) is 0.865. The van der Waals surface area contributed by atoms with Crippen LogP contribution in [0.1, 0.15) is 30.4 Å². The van der Waals surface area contributed by atoms with Gasteiger partial charge < -0.3 is 9.52 Å². The smallest absolute Gasteiger partial charge is 0.371 e. The lowest BCUT2D eigenvalue weighted by atomic mass is 10.4. The lowest BCUT2D eigenvalue weighted by Gasteiger charge is -2.11. The minimum absolute atomic E-state index is 0.0334. The lowest BCUT2D eigenvalue weighted by molar-refractivity contribution is 0.0656. The van der Waals surface area contributed by atoms with Crippen LogP contribution in [-0.4, -0.2) is 29.3 Å². The first kappa shape index (κ1) is 14.1. The van der Waals surface area contributed by atoms with E-state index >= 15 is 0 Å². The van der Waals surface area contributed by atoms with Gasteiger partial charge in [-0.05, 0) is 26.0 Å². The predicted octanol–water partition coefficient (Wildman–Crippen LogP) is 1.56. The summed E-state index contributed by atoms with van der Waals surface area (Å²) in [6.07, 6.45) is 1.46. The molecular weight excluding hydrogens is 286 g/mol. The topological polar surface area (TPSA) is 114 Å². The van der Waals surface area contributed by atoms with Crippen molar-refractivity contribution in [3.05, 3.63) is 30.2 Å². The van der Waals surface area contributed by atoms with Gasteiger partial charge in [-0.1, -0.05) is 0 Å². The first-order chi connectivity index (χ1) is 9.31. The van der Waals surface area contributed by atoms with Gasteiger partial charge in [-0.25, -0.2) is 9.48 Å². The van der Waals surface area contributed by atoms with E-state index in [0.717, 1.165) is 12.1 Å². The van der Waals surface area contributed by atoms with Crippen molar-refractivity contribution >= 4 is 21.8 Å². The van der Waals surface area contributed by atoms with Crippen LogP contribution < -0.4 is 4.72 Å². The van der Waals surface area contributed by atoms with Gasteiger partial charge in [0.1, 0.15) is 5.82 Å². The number of carboxylic acids is 1. The molecule has 20 heavy (non-hydrogen) atoms. The molecule has 0 saturated heterocycles. The Bertz CT molecular complexity index is 729. The zero-order valence-corrected chi connectivity index (χ0v) is 11.6. The number of sulfonamides is 1. The van der Waals surface area contributed by atoms with Crippen LogP contribution in [0.25, 0.3) is 0 Å². The van der Waals surface area contributed by atoms with E-state index in [9.17, 15) is 13.2 Å². The summed E-state index contributed by atoms with van der Waals surface area (Å²) in [4.78, 5) is 10.7. The molecule has 9 heteroatoms. The maximum atomic E-state index is 12.1. The van der Waals surface area contributed by atoms with E-state index in [-0.39, 0.29) is 11.9 Å². The van der Waals surface area contributed by atoms with Crippen LogP contribution in [0.2, 0.25) is 0 Å². The van der Waals surface area contributed by atoms with E-state index in [4.69, 9.17) is 9.52 Å². The average molecular weight is 299 g/mol. The predicted molar refractivity (Wildman–Crippen MR) is 69.1 cm³/mol. The molecule has 0 atom stereocenters. The summed E-state index contributed by atoms with van der Waals surface area (Å²) in [5.41, 5.74) is 0. The molecule has 0 radical (unpaired) electrons. The molecule has 2 N–H and O–H groups in total.